The molecule has 0 saturated carbocycles. The van der Waals surface area contributed by atoms with E-state index >= 15 is 0 Å². The zero-order valence-corrected chi connectivity index (χ0v) is 7.98. The predicted octanol–water partition coefficient (Wildman–Crippen LogP) is 3.92. The second-order valence-corrected chi connectivity index (χ2v) is 2.78. The van der Waals surface area contributed by atoms with E-state index in [1.807, 2.05) is 0 Å². The van der Waals surface area contributed by atoms with Gasteiger partial charge in [-0.15, -0.1) is 11.6 Å². The summed E-state index contributed by atoms with van der Waals surface area (Å²) in [7, 11) is 0. The zero-order chi connectivity index (χ0) is 8.36. The molecular weight excluding hydrogens is 156 g/mol. The van der Waals surface area contributed by atoms with Crippen molar-refractivity contribution in [3.05, 3.63) is 24.3 Å². The van der Waals surface area contributed by atoms with Crippen LogP contribution in [0.25, 0.3) is 0 Å². The fraction of sp³-hybridized carbons (Fsp3) is 0.600. The summed E-state index contributed by atoms with van der Waals surface area (Å²) in [6.07, 6.45) is 13.2. The minimum atomic E-state index is 0.737. The second-order valence-electron chi connectivity index (χ2n) is 2.41. The lowest BCUT2D eigenvalue weighted by Crippen LogP contribution is -1.68. The summed E-state index contributed by atoms with van der Waals surface area (Å²) >= 11 is 5.50. The Hall–Kier alpha value is -0.230. The first-order valence-corrected chi connectivity index (χ1v) is 4.81. The third kappa shape index (κ3) is 9.77. The molecule has 0 N–H and O–H groups in total. The summed E-state index contributed by atoms with van der Waals surface area (Å²) in [5, 5.41) is 0. The van der Waals surface area contributed by atoms with Crippen molar-refractivity contribution >= 4 is 11.6 Å². The molecule has 1 heteroatoms. The molecule has 0 atom stereocenters. The molecule has 0 fully saturated rings. The van der Waals surface area contributed by atoms with Crippen molar-refractivity contribution in [2.45, 2.75) is 32.6 Å². The number of alkyl halides is 1. The van der Waals surface area contributed by atoms with Gasteiger partial charge in [-0.1, -0.05) is 31.2 Å². The summed E-state index contributed by atoms with van der Waals surface area (Å²) in [6.45, 7) is 2.15. The van der Waals surface area contributed by atoms with Crippen molar-refractivity contribution in [3.63, 3.8) is 0 Å². The maximum atomic E-state index is 5.50. The molecule has 0 radical (unpaired) electrons. The van der Waals surface area contributed by atoms with Gasteiger partial charge in [0.2, 0.25) is 0 Å². The van der Waals surface area contributed by atoms with Crippen LogP contribution < -0.4 is 0 Å². The fourth-order valence-corrected chi connectivity index (χ4v) is 0.902. The van der Waals surface area contributed by atoms with Crippen LogP contribution >= 0.6 is 11.6 Å². The largest absolute Gasteiger partial charge is 0.126 e. The Morgan fingerprint density at radius 1 is 0.909 bits per heavy atom. The topological polar surface area (TPSA) is 0 Å². The molecule has 0 heterocycles. The molecule has 0 bridgehead atoms. The van der Waals surface area contributed by atoms with E-state index in [0.717, 1.165) is 31.6 Å². The molecule has 0 unspecified atom stereocenters. The predicted molar refractivity (Wildman–Crippen MR) is 53.1 cm³/mol. The lowest BCUT2D eigenvalue weighted by molar-refractivity contribution is 1.03. The number of allylic oxidation sites excluding steroid dienone is 4. The van der Waals surface area contributed by atoms with Crippen molar-refractivity contribution < 1.29 is 0 Å². The van der Waals surface area contributed by atoms with Gasteiger partial charge < -0.3 is 0 Å². The van der Waals surface area contributed by atoms with Gasteiger partial charge in [-0.3, -0.25) is 0 Å². The Balaban J connectivity index is 3.06. The van der Waals surface area contributed by atoms with E-state index in [-0.39, 0.29) is 0 Å². The van der Waals surface area contributed by atoms with E-state index in [1.54, 1.807) is 0 Å². The van der Waals surface area contributed by atoms with Crippen molar-refractivity contribution in [1.82, 2.24) is 0 Å². The van der Waals surface area contributed by atoms with Crippen LogP contribution in [-0.4, -0.2) is 5.88 Å². The highest BCUT2D eigenvalue weighted by atomic mass is 35.5. The Morgan fingerprint density at radius 3 is 2.00 bits per heavy atom. The van der Waals surface area contributed by atoms with Gasteiger partial charge >= 0.3 is 0 Å². The first kappa shape index (κ1) is 10.8. The number of hydrogen-bond acceptors (Lipinski definition) is 0. The lowest BCUT2D eigenvalue weighted by Gasteiger charge is -1.86. The third-order valence-electron chi connectivity index (χ3n) is 1.34. The fourth-order valence-electron chi connectivity index (χ4n) is 0.776. The third-order valence-corrected chi connectivity index (χ3v) is 1.56. The van der Waals surface area contributed by atoms with Gasteiger partial charge in [0.1, 0.15) is 0 Å². The van der Waals surface area contributed by atoms with Crippen LogP contribution in [0.3, 0.4) is 0 Å². The Labute approximate surface area is 74.9 Å². The quantitative estimate of drug-likeness (QED) is 0.324. The van der Waals surface area contributed by atoms with Gasteiger partial charge in [-0.25, -0.2) is 0 Å². The minimum Gasteiger partial charge on any atom is -0.126 e. The van der Waals surface area contributed by atoms with Crippen LogP contribution in [0.2, 0.25) is 0 Å². The molecule has 0 amide bonds. The molecule has 64 valence electrons. The van der Waals surface area contributed by atoms with E-state index in [9.17, 15) is 0 Å². The van der Waals surface area contributed by atoms with Crippen molar-refractivity contribution in [1.29, 1.82) is 0 Å². The molecular formula is C10H17Cl. The molecule has 0 aromatic rings. The number of unbranched alkanes of at least 4 members (excludes halogenated alkanes) is 1. The standard InChI is InChI=1S/C10H17Cl/c1-2-3-4-5-6-7-8-9-10-11/h3-4,7-8H,2,5-6,9-10H2,1H3. The summed E-state index contributed by atoms with van der Waals surface area (Å²) in [5.41, 5.74) is 0. The Morgan fingerprint density at radius 2 is 1.45 bits per heavy atom. The molecule has 0 nitrogen and oxygen atoms in total. The average molecular weight is 173 g/mol. The van der Waals surface area contributed by atoms with E-state index < -0.39 is 0 Å². The maximum Gasteiger partial charge on any atom is 0.0257 e. The molecule has 0 aliphatic rings. The molecule has 0 saturated heterocycles. The number of hydrogen-bond donors (Lipinski definition) is 0. The Bertz CT molecular complexity index is 114. The molecule has 0 spiro atoms. The summed E-state index contributed by atoms with van der Waals surface area (Å²) in [6, 6.07) is 0. The van der Waals surface area contributed by atoms with Crippen molar-refractivity contribution in [2.24, 2.45) is 0 Å². The van der Waals surface area contributed by atoms with Gasteiger partial charge in [0, 0.05) is 5.88 Å². The highest BCUT2D eigenvalue weighted by Crippen LogP contribution is 1.95. The highest BCUT2D eigenvalue weighted by molar-refractivity contribution is 6.17. The molecule has 0 aliphatic carbocycles. The lowest BCUT2D eigenvalue weighted by atomic mass is 10.2. The first-order valence-electron chi connectivity index (χ1n) is 4.27. The van der Waals surface area contributed by atoms with E-state index in [1.165, 1.54) is 0 Å². The van der Waals surface area contributed by atoms with Crippen molar-refractivity contribution in [3.8, 4) is 0 Å². The van der Waals surface area contributed by atoms with Gasteiger partial charge in [0.05, 0.1) is 0 Å². The van der Waals surface area contributed by atoms with Gasteiger partial charge in [-0.2, -0.15) is 0 Å². The summed E-state index contributed by atoms with van der Waals surface area (Å²) in [5.74, 6) is 0.737. The van der Waals surface area contributed by atoms with Gasteiger partial charge in [0.25, 0.3) is 0 Å². The van der Waals surface area contributed by atoms with Gasteiger partial charge in [-0.05, 0) is 25.7 Å². The maximum absolute atomic E-state index is 5.50. The minimum absolute atomic E-state index is 0.737. The average Bonchev–Trinajstić information content (AvgIpc) is 2.03. The number of halogens is 1. The molecule has 0 aromatic heterocycles. The first-order chi connectivity index (χ1) is 5.41. The van der Waals surface area contributed by atoms with Crippen molar-refractivity contribution in [2.75, 3.05) is 5.88 Å². The van der Waals surface area contributed by atoms with Crippen LogP contribution in [0.5, 0.6) is 0 Å². The number of rotatable bonds is 6. The van der Waals surface area contributed by atoms with Crippen LogP contribution in [0.1, 0.15) is 32.6 Å². The SMILES string of the molecule is CCC=CCCC=CCCCl. The van der Waals surface area contributed by atoms with E-state index in [2.05, 4.69) is 31.2 Å². The monoisotopic (exact) mass is 172 g/mol. The molecule has 11 heavy (non-hydrogen) atoms. The Kier molecular flexibility index (Phi) is 9.57. The van der Waals surface area contributed by atoms with Crippen LogP contribution in [0.4, 0.5) is 0 Å². The molecule has 0 rings (SSSR count). The summed E-state index contributed by atoms with van der Waals surface area (Å²) < 4.78 is 0. The van der Waals surface area contributed by atoms with E-state index in [0.29, 0.717) is 0 Å². The van der Waals surface area contributed by atoms with Crippen LogP contribution in [0, 0.1) is 0 Å². The molecule has 0 aromatic carbocycles. The second kappa shape index (κ2) is 9.77. The zero-order valence-electron chi connectivity index (χ0n) is 7.22. The normalized spacial score (nSPS) is 11.8. The molecule has 0 aliphatic heterocycles. The highest BCUT2D eigenvalue weighted by Gasteiger charge is 1.76. The van der Waals surface area contributed by atoms with Gasteiger partial charge in [0.15, 0.2) is 0 Å². The smallest absolute Gasteiger partial charge is 0.0257 e. The van der Waals surface area contributed by atoms with Crippen LogP contribution in [-0.2, 0) is 0 Å². The van der Waals surface area contributed by atoms with E-state index in [4.69, 9.17) is 11.6 Å². The van der Waals surface area contributed by atoms with Crippen LogP contribution in [0.15, 0.2) is 24.3 Å². The summed E-state index contributed by atoms with van der Waals surface area (Å²) in [4.78, 5) is 0.